The predicted octanol–water partition coefficient (Wildman–Crippen LogP) is 1.30. The number of ether oxygens (including phenoxy) is 1. The van der Waals surface area contributed by atoms with Gasteiger partial charge in [0.25, 0.3) is 0 Å². The molecule has 0 fully saturated rings. The fourth-order valence-corrected chi connectivity index (χ4v) is 1.93. The minimum Gasteiger partial charge on any atom is -0.492 e. The summed E-state index contributed by atoms with van der Waals surface area (Å²) in [4.78, 5) is 10.8. The molecule has 2 rings (SSSR count). The van der Waals surface area contributed by atoms with Crippen molar-refractivity contribution in [3.63, 3.8) is 0 Å². The second-order valence-electron chi connectivity index (χ2n) is 3.90. The average Bonchev–Trinajstić information content (AvgIpc) is 2.28. The van der Waals surface area contributed by atoms with Crippen molar-refractivity contribution in [1.29, 1.82) is 0 Å². The lowest BCUT2D eigenvalue weighted by Gasteiger charge is -2.25. The van der Waals surface area contributed by atoms with Gasteiger partial charge in [-0.2, -0.15) is 0 Å². The Bertz CT molecular complexity index is 403. The number of carboxylic acid groups (broad SMARTS) is 1. The quantitative estimate of drug-likeness (QED) is 0.807. The van der Waals surface area contributed by atoms with Gasteiger partial charge in [-0.05, 0) is 30.7 Å². The number of hydrogen-bond acceptors (Lipinski definition) is 3. The summed E-state index contributed by atoms with van der Waals surface area (Å²) in [6.45, 7) is 3.57. The molecule has 1 unspecified atom stereocenters. The Hall–Kier alpha value is -1.55. The first-order valence-electron chi connectivity index (χ1n) is 5.43. The standard InChI is InChI=1S/C12H15NO3/c1-2-13-10-5-8-3-4-9(12(14)15)6-11(8)16-7-10/h3-4,6,10,13H,2,5,7H2,1H3,(H,14,15). The number of rotatable bonds is 3. The van der Waals surface area contributed by atoms with Gasteiger partial charge in [-0.1, -0.05) is 13.0 Å². The van der Waals surface area contributed by atoms with E-state index in [0.717, 1.165) is 18.5 Å². The summed E-state index contributed by atoms with van der Waals surface area (Å²) in [5.41, 5.74) is 1.35. The molecule has 1 heterocycles. The number of aromatic carboxylic acids is 1. The maximum absolute atomic E-state index is 10.8. The first-order valence-corrected chi connectivity index (χ1v) is 5.43. The van der Waals surface area contributed by atoms with Gasteiger partial charge in [-0.25, -0.2) is 4.79 Å². The van der Waals surface area contributed by atoms with Crippen molar-refractivity contribution in [3.8, 4) is 5.75 Å². The number of nitrogens with one attached hydrogen (secondary N) is 1. The van der Waals surface area contributed by atoms with E-state index in [0.29, 0.717) is 18.4 Å². The second-order valence-corrected chi connectivity index (χ2v) is 3.90. The summed E-state index contributed by atoms with van der Waals surface area (Å²) in [5, 5.41) is 12.2. The average molecular weight is 221 g/mol. The number of likely N-dealkylation sites (N-methyl/N-ethyl adjacent to an activating group) is 1. The van der Waals surface area contributed by atoms with E-state index in [4.69, 9.17) is 9.84 Å². The van der Waals surface area contributed by atoms with Crippen LogP contribution in [0.3, 0.4) is 0 Å². The van der Waals surface area contributed by atoms with Crippen molar-refractivity contribution < 1.29 is 14.6 Å². The van der Waals surface area contributed by atoms with E-state index in [-0.39, 0.29) is 5.56 Å². The number of benzene rings is 1. The van der Waals surface area contributed by atoms with Gasteiger partial charge in [-0.3, -0.25) is 0 Å². The Morgan fingerprint density at radius 3 is 3.12 bits per heavy atom. The predicted molar refractivity (Wildman–Crippen MR) is 60.1 cm³/mol. The molecule has 0 radical (unpaired) electrons. The molecule has 0 aliphatic carbocycles. The summed E-state index contributed by atoms with van der Waals surface area (Å²) in [5.74, 6) is -0.214. The first-order chi connectivity index (χ1) is 7.70. The van der Waals surface area contributed by atoms with Crippen molar-refractivity contribution in [1.82, 2.24) is 5.32 Å². The van der Waals surface area contributed by atoms with E-state index in [9.17, 15) is 4.79 Å². The SMILES string of the molecule is CCNC1COc2cc(C(=O)O)ccc2C1. The molecule has 0 saturated carbocycles. The van der Waals surface area contributed by atoms with E-state index >= 15 is 0 Å². The normalized spacial score (nSPS) is 18.7. The Morgan fingerprint density at radius 2 is 2.44 bits per heavy atom. The zero-order valence-corrected chi connectivity index (χ0v) is 9.19. The Morgan fingerprint density at radius 1 is 1.62 bits per heavy atom. The van der Waals surface area contributed by atoms with Crippen LogP contribution in [0.25, 0.3) is 0 Å². The molecule has 16 heavy (non-hydrogen) atoms. The van der Waals surface area contributed by atoms with Crippen LogP contribution in [0.5, 0.6) is 5.75 Å². The summed E-state index contributed by atoms with van der Waals surface area (Å²) in [7, 11) is 0. The minimum atomic E-state index is -0.916. The summed E-state index contributed by atoms with van der Waals surface area (Å²) in [6, 6.07) is 5.38. The fraction of sp³-hybridized carbons (Fsp3) is 0.417. The largest absolute Gasteiger partial charge is 0.492 e. The van der Waals surface area contributed by atoms with Crippen LogP contribution in [-0.2, 0) is 6.42 Å². The molecule has 86 valence electrons. The fourth-order valence-electron chi connectivity index (χ4n) is 1.93. The minimum absolute atomic E-state index is 0.278. The van der Waals surface area contributed by atoms with Crippen LogP contribution in [0.1, 0.15) is 22.8 Å². The first kappa shape index (κ1) is 11.0. The lowest BCUT2D eigenvalue weighted by atomic mass is 10.0. The molecule has 2 N–H and O–H groups in total. The number of hydrogen-bond donors (Lipinski definition) is 2. The smallest absolute Gasteiger partial charge is 0.335 e. The van der Waals surface area contributed by atoms with Gasteiger partial charge in [0.15, 0.2) is 0 Å². The maximum atomic E-state index is 10.8. The molecular weight excluding hydrogens is 206 g/mol. The van der Waals surface area contributed by atoms with Gasteiger partial charge >= 0.3 is 5.97 Å². The van der Waals surface area contributed by atoms with Crippen molar-refractivity contribution in [2.45, 2.75) is 19.4 Å². The molecule has 0 aromatic heterocycles. The van der Waals surface area contributed by atoms with Gasteiger partial charge in [0.2, 0.25) is 0 Å². The van der Waals surface area contributed by atoms with E-state index < -0.39 is 5.97 Å². The highest BCUT2D eigenvalue weighted by molar-refractivity contribution is 5.88. The highest BCUT2D eigenvalue weighted by Gasteiger charge is 2.19. The monoisotopic (exact) mass is 221 g/mol. The Labute approximate surface area is 94.2 Å². The number of fused-ring (bicyclic) bond motifs is 1. The molecule has 0 amide bonds. The molecule has 1 aromatic rings. The van der Waals surface area contributed by atoms with Gasteiger partial charge in [0.1, 0.15) is 12.4 Å². The van der Waals surface area contributed by atoms with Crippen molar-refractivity contribution in [2.75, 3.05) is 13.2 Å². The number of carboxylic acids is 1. The van der Waals surface area contributed by atoms with Gasteiger partial charge in [0.05, 0.1) is 5.56 Å². The third-order valence-corrected chi connectivity index (χ3v) is 2.71. The van der Waals surface area contributed by atoms with Crippen LogP contribution in [0.15, 0.2) is 18.2 Å². The molecule has 1 aliphatic heterocycles. The van der Waals surface area contributed by atoms with Crippen molar-refractivity contribution in [2.24, 2.45) is 0 Å². The van der Waals surface area contributed by atoms with Crippen LogP contribution in [-0.4, -0.2) is 30.3 Å². The summed E-state index contributed by atoms with van der Waals surface area (Å²) in [6.07, 6.45) is 0.892. The molecule has 1 atom stereocenters. The molecule has 4 nitrogen and oxygen atoms in total. The van der Waals surface area contributed by atoms with Crippen molar-refractivity contribution in [3.05, 3.63) is 29.3 Å². The van der Waals surface area contributed by atoms with E-state index in [1.165, 1.54) is 0 Å². The maximum Gasteiger partial charge on any atom is 0.335 e. The third kappa shape index (κ3) is 2.17. The summed E-state index contributed by atoms with van der Waals surface area (Å²) < 4.78 is 5.55. The zero-order chi connectivity index (χ0) is 11.5. The zero-order valence-electron chi connectivity index (χ0n) is 9.19. The molecule has 1 aromatic carbocycles. The van der Waals surface area contributed by atoms with Crippen LogP contribution < -0.4 is 10.1 Å². The highest BCUT2D eigenvalue weighted by atomic mass is 16.5. The topological polar surface area (TPSA) is 58.6 Å². The van der Waals surface area contributed by atoms with Gasteiger partial charge in [0, 0.05) is 6.04 Å². The molecular formula is C12H15NO3. The molecule has 0 saturated heterocycles. The lowest BCUT2D eigenvalue weighted by Crippen LogP contribution is -2.39. The third-order valence-electron chi connectivity index (χ3n) is 2.71. The highest BCUT2D eigenvalue weighted by Crippen LogP contribution is 2.25. The molecule has 4 heteroatoms. The molecule has 1 aliphatic rings. The van der Waals surface area contributed by atoms with E-state index in [2.05, 4.69) is 12.2 Å². The molecule has 0 spiro atoms. The number of carbonyl (C=O) groups is 1. The van der Waals surface area contributed by atoms with Crippen LogP contribution in [0.2, 0.25) is 0 Å². The second kappa shape index (κ2) is 4.53. The van der Waals surface area contributed by atoms with Gasteiger partial charge < -0.3 is 15.2 Å². The lowest BCUT2D eigenvalue weighted by molar-refractivity contribution is 0.0696. The van der Waals surface area contributed by atoms with E-state index in [1.807, 2.05) is 6.07 Å². The van der Waals surface area contributed by atoms with Crippen LogP contribution in [0.4, 0.5) is 0 Å². The summed E-state index contributed by atoms with van der Waals surface area (Å²) >= 11 is 0. The Kier molecular flexibility index (Phi) is 3.10. The van der Waals surface area contributed by atoms with Crippen LogP contribution >= 0.6 is 0 Å². The van der Waals surface area contributed by atoms with E-state index in [1.54, 1.807) is 12.1 Å². The van der Waals surface area contributed by atoms with Crippen LogP contribution in [0, 0.1) is 0 Å². The van der Waals surface area contributed by atoms with Crippen molar-refractivity contribution >= 4 is 5.97 Å². The van der Waals surface area contributed by atoms with Gasteiger partial charge in [-0.15, -0.1) is 0 Å². The Balaban J connectivity index is 2.19. The molecule has 0 bridgehead atoms.